The number of aryl methyl sites for hydroxylation is 1. The topological polar surface area (TPSA) is 63.3 Å². The van der Waals surface area contributed by atoms with Crippen molar-refractivity contribution >= 4 is 17.3 Å². The fraction of sp³-hybridized carbons (Fsp3) is 0.750. The van der Waals surface area contributed by atoms with Gasteiger partial charge in [-0.1, -0.05) is 46.0 Å². The summed E-state index contributed by atoms with van der Waals surface area (Å²) < 4.78 is 0. The highest BCUT2D eigenvalue weighted by molar-refractivity contribution is 7.09. The molecule has 4 nitrogen and oxygen atoms in total. The van der Waals surface area contributed by atoms with Gasteiger partial charge < -0.3 is 11.1 Å². The Morgan fingerprint density at radius 2 is 2.05 bits per heavy atom. The van der Waals surface area contributed by atoms with Crippen LogP contribution in [0.3, 0.4) is 0 Å². The summed E-state index contributed by atoms with van der Waals surface area (Å²) in [5.74, 6) is 0.891. The van der Waals surface area contributed by atoms with E-state index in [4.69, 9.17) is 5.73 Å². The van der Waals surface area contributed by atoms with E-state index in [2.05, 4.69) is 34.5 Å². The SMILES string of the molecule is CCCCCCCCNC(N)=NCC(C)c1nc(C)cs1. The summed E-state index contributed by atoms with van der Waals surface area (Å²) in [6.07, 6.45) is 7.77. The summed E-state index contributed by atoms with van der Waals surface area (Å²) in [6.45, 7) is 8.02. The molecule has 0 aromatic carbocycles. The van der Waals surface area contributed by atoms with E-state index in [-0.39, 0.29) is 0 Å². The lowest BCUT2D eigenvalue weighted by Crippen LogP contribution is -2.32. The minimum Gasteiger partial charge on any atom is -0.370 e. The summed E-state index contributed by atoms with van der Waals surface area (Å²) in [5, 5.41) is 6.41. The first-order valence-corrected chi connectivity index (χ1v) is 8.97. The molecule has 0 aliphatic rings. The Balaban J connectivity index is 2.12. The lowest BCUT2D eigenvalue weighted by Gasteiger charge is -2.08. The molecule has 0 aliphatic carbocycles. The van der Waals surface area contributed by atoms with Gasteiger partial charge >= 0.3 is 0 Å². The lowest BCUT2D eigenvalue weighted by atomic mass is 10.1. The van der Waals surface area contributed by atoms with Crippen molar-refractivity contribution < 1.29 is 0 Å². The van der Waals surface area contributed by atoms with Crippen LogP contribution in [-0.4, -0.2) is 24.0 Å². The zero-order valence-electron chi connectivity index (χ0n) is 13.7. The van der Waals surface area contributed by atoms with Crippen molar-refractivity contribution in [2.24, 2.45) is 10.7 Å². The molecule has 0 amide bonds. The van der Waals surface area contributed by atoms with Crippen LogP contribution in [-0.2, 0) is 0 Å². The third-order valence-corrected chi connectivity index (χ3v) is 4.62. The molecule has 0 bridgehead atoms. The zero-order valence-corrected chi connectivity index (χ0v) is 14.5. The van der Waals surface area contributed by atoms with Crippen LogP contribution in [0.15, 0.2) is 10.4 Å². The standard InChI is InChI=1S/C16H30N4S/c1-4-5-6-7-8-9-10-18-16(17)19-11-13(2)15-20-14(3)12-21-15/h12-13H,4-11H2,1-3H3,(H3,17,18,19). The molecule has 0 saturated carbocycles. The number of aliphatic imine (C=N–C) groups is 1. The van der Waals surface area contributed by atoms with Crippen LogP contribution in [0.25, 0.3) is 0 Å². The summed E-state index contributed by atoms with van der Waals surface area (Å²) in [5.41, 5.74) is 6.97. The Bertz CT molecular complexity index is 414. The van der Waals surface area contributed by atoms with Crippen molar-refractivity contribution in [1.29, 1.82) is 0 Å². The Morgan fingerprint density at radius 3 is 2.71 bits per heavy atom. The van der Waals surface area contributed by atoms with Gasteiger partial charge in [0.1, 0.15) is 0 Å². The van der Waals surface area contributed by atoms with Crippen molar-refractivity contribution in [2.45, 2.75) is 65.2 Å². The molecule has 3 N–H and O–H groups in total. The summed E-state index contributed by atoms with van der Waals surface area (Å²) in [6, 6.07) is 0. The minimum atomic E-state index is 0.332. The third kappa shape index (κ3) is 8.05. The van der Waals surface area contributed by atoms with Crippen LogP contribution in [0.5, 0.6) is 0 Å². The van der Waals surface area contributed by atoms with Crippen molar-refractivity contribution in [3.05, 3.63) is 16.1 Å². The second-order valence-corrected chi connectivity index (χ2v) is 6.54. The number of hydrogen-bond donors (Lipinski definition) is 2. The molecule has 1 aromatic heterocycles. The molecule has 1 unspecified atom stereocenters. The van der Waals surface area contributed by atoms with Gasteiger partial charge in [-0.05, 0) is 13.3 Å². The van der Waals surface area contributed by atoms with Gasteiger partial charge in [-0.25, -0.2) is 4.98 Å². The van der Waals surface area contributed by atoms with Crippen LogP contribution in [0, 0.1) is 6.92 Å². The average molecular weight is 311 g/mol. The molecule has 1 atom stereocenters. The van der Waals surface area contributed by atoms with E-state index in [9.17, 15) is 0 Å². The Morgan fingerprint density at radius 1 is 1.33 bits per heavy atom. The van der Waals surface area contributed by atoms with Gasteiger partial charge in [0, 0.05) is 23.5 Å². The predicted molar refractivity (Wildman–Crippen MR) is 93.1 cm³/mol. The maximum Gasteiger partial charge on any atom is 0.188 e. The van der Waals surface area contributed by atoms with Gasteiger partial charge in [-0.3, -0.25) is 4.99 Å². The smallest absolute Gasteiger partial charge is 0.188 e. The monoisotopic (exact) mass is 310 g/mol. The van der Waals surface area contributed by atoms with Crippen LogP contribution in [0.4, 0.5) is 0 Å². The number of nitrogens with zero attached hydrogens (tertiary/aromatic N) is 2. The molecule has 0 radical (unpaired) electrons. The van der Waals surface area contributed by atoms with E-state index in [0.717, 1.165) is 17.2 Å². The fourth-order valence-corrected chi connectivity index (χ4v) is 2.94. The molecule has 1 heterocycles. The van der Waals surface area contributed by atoms with Gasteiger partial charge in [0.05, 0.1) is 11.6 Å². The number of nitrogens with two attached hydrogens (primary N) is 1. The van der Waals surface area contributed by atoms with Crippen LogP contribution >= 0.6 is 11.3 Å². The number of rotatable bonds is 10. The van der Waals surface area contributed by atoms with E-state index < -0.39 is 0 Å². The first-order valence-electron chi connectivity index (χ1n) is 8.09. The van der Waals surface area contributed by atoms with Gasteiger partial charge in [0.2, 0.25) is 0 Å². The Labute approximate surface area is 133 Å². The summed E-state index contributed by atoms with van der Waals surface area (Å²) in [7, 11) is 0. The van der Waals surface area contributed by atoms with Gasteiger partial charge in [0.15, 0.2) is 5.96 Å². The van der Waals surface area contributed by atoms with Crippen LogP contribution in [0.1, 0.15) is 69.0 Å². The first-order chi connectivity index (χ1) is 10.1. The van der Waals surface area contributed by atoms with Gasteiger partial charge in [-0.15, -0.1) is 11.3 Å². The maximum atomic E-state index is 5.89. The molecule has 5 heteroatoms. The molecule has 0 fully saturated rings. The van der Waals surface area contributed by atoms with Crippen LogP contribution < -0.4 is 11.1 Å². The second kappa shape index (κ2) is 10.6. The second-order valence-electron chi connectivity index (χ2n) is 5.65. The lowest BCUT2D eigenvalue weighted by molar-refractivity contribution is 0.601. The largest absolute Gasteiger partial charge is 0.370 e. The van der Waals surface area contributed by atoms with Gasteiger partial charge in [-0.2, -0.15) is 0 Å². The highest BCUT2D eigenvalue weighted by Gasteiger charge is 2.08. The number of thiazole rings is 1. The van der Waals surface area contributed by atoms with E-state index in [1.54, 1.807) is 11.3 Å². The molecule has 0 spiro atoms. The summed E-state index contributed by atoms with van der Waals surface area (Å²) >= 11 is 1.70. The molecular formula is C16H30N4S. The molecule has 0 aliphatic heterocycles. The number of unbranched alkanes of at least 4 members (excludes halogenated alkanes) is 5. The third-order valence-electron chi connectivity index (χ3n) is 3.43. The number of guanidine groups is 1. The van der Waals surface area contributed by atoms with E-state index >= 15 is 0 Å². The molecule has 1 aromatic rings. The van der Waals surface area contributed by atoms with Crippen molar-refractivity contribution in [3.63, 3.8) is 0 Å². The molecular weight excluding hydrogens is 280 g/mol. The highest BCUT2D eigenvalue weighted by Crippen LogP contribution is 2.19. The quantitative estimate of drug-likeness (QED) is 0.392. The molecule has 120 valence electrons. The first kappa shape index (κ1) is 18.0. The average Bonchev–Trinajstić information content (AvgIpc) is 2.90. The van der Waals surface area contributed by atoms with Crippen LogP contribution in [0.2, 0.25) is 0 Å². The molecule has 1 rings (SSSR count). The number of aromatic nitrogens is 1. The molecule has 0 saturated heterocycles. The Hall–Kier alpha value is -1.10. The fourth-order valence-electron chi connectivity index (χ4n) is 2.09. The zero-order chi connectivity index (χ0) is 15.5. The van der Waals surface area contributed by atoms with E-state index in [1.807, 2.05) is 6.92 Å². The normalized spacial score (nSPS) is 13.4. The molecule has 21 heavy (non-hydrogen) atoms. The van der Waals surface area contributed by atoms with Gasteiger partial charge in [0.25, 0.3) is 0 Å². The summed E-state index contributed by atoms with van der Waals surface area (Å²) in [4.78, 5) is 8.89. The van der Waals surface area contributed by atoms with Crippen molar-refractivity contribution in [2.75, 3.05) is 13.1 Å². The number of nitrogens with one attached hydrogen (secondary N) is 1. The number of hydrogen-bond acceptors (Lipinski definition) is 3. The predicted octanol–water partition coefficient (Wildman–Crippen LogP) is 3.82. The van der Waals surface area contributed by atoms with Crippen molar-refractivity contribution in [1.82, 2.24) is 10.3 Å². The highest BCUT2D eigenvalue weighted by atomic mass is 32.1. The van der Waals surface area contributed by atoms with E-state index in [0.29, 0.717) is 18.4 Å². The van der Waals surface area contributed by atoms with E-state index in [1.165, 1.54) is 38.5 Å². The maximum absolute atomic E-state index is 5.89. The Kier molecular flexibility index (Phi) is 9.06. The van der Waals surface area contributed by atoms with Crippen molar-refractivity contribution in [3.8, 4) is 0 Å². The minimum absolute atomic E-state index is 0.332.